The molecule has 0 spiro atoms. The average Bonchev–Trinajstić information content (AvgIpc) is 2.96. The van der Waals surface area contributed by atoms with E-state index in [1.807, 2.05) is 13.8 Å². The number of likely N-dealkylation sites (tertiary alicyclic amines) is 1. The first kappa shape index (κ1) is 15.9. The van der Waals surface area contributed by atoms with E-state index in [0.717, 1.165) is 17.2 Å². The molecule has 0 N–H and O–H groups in total. The number of carbonyl (C=O) groups is 2. The van der Waals surface area contributed by atoms with Crippen LogP contribution < -0.4 is 0 Å². The highest BCUT2D eigenvalue weighted by atomic mass is 32.1. The molecule has 0 bridgehead atoms. The minimum atomic E-state index is -0.146. The first-order valence-corrected chi connectivity index (χ1v) is 8.10. The van der Waals surface area contributed by atoms with Crippen LogP contribution in [-0.4, -0.2) is 46.1 Å². The Hall–Kier alpha value is -1.50. The van der Waals surface area contributed by atoms with Crippen LogP contribution in [-0.2, 0) is 9.53 Å². The van der Waals surface area contributed by atoms with E-state index in [1.54, 1.807) is 11.8 Å². The zero-order chi connectivity index (χ0) is 15.4. The van der Waals surface area contributed by atoms with Crippen LogP contribution in [0, 0.1) is 5.92 Å². The highest BCUT2D eigenvalue weighted by Gasteiger charge is 2.30. The second-order valence-electron chi connectivity index (χ2n) is 5.46. The van der Waals surface area contributed by atoms with E-state index in [4.69, 9.17) is 4.74 Å². The van der Waals surface area contributed by atoms with Gasteiger partial charge in [0.1, 0.15) is 4.88 Å². The predicted molar refractivity (Wildman–Crippen MR) is 79.3 cm³/mol. The largest absolute Gasteiger partial charge is 0.466 e. The first-order chi connectivity index (χ1) is 10.0. The summed E-state index contributed by atoms with van der Waals surface area (Å²) in [6, 6.07) is 0. The van der Waals surface area contributed by atoms with E-state index in [9.17, 15) is 9.59 Å². The molecule has 1 aromatic heterocycles. The highest BCUT2D eigenvalue weighted by Crippen LogP contribution is 2.25. The van der Waals surface area contributed by atoms with Crippen molar-refractivity contribution >= 4 is 23.4 Å². The number of piperidine rings is 1. The maximum absolute atomic E-state index is 12.5. The molecule has 0 aromatic carbocycles. The molecule has 7 heteroatoms. The Balaban J connectivity index is 1.97. The molecular weight excluding hydrogens is 290 g/mol. The van der Waals surface area contributed by atoms with E-state index < -0.39 is 0 Å². The Morgan fingerprint density at radius 1 is 1.38 bits per heavy atom. The van der Waals surface area contributed by atoms with Gasteiger partial charge in [-0.2, -0.15) is 0 Å². The molecule has 0 unspecified atom stereocenters. The molecule has 21 heavy (non-hydrogen) atoms. The molecule has 0 atom stereocenters. The Morgan fingerprint density at radius 2 is 2.05 bits per heavy atom. The monoisotopic (exact) mass is 311 g/mol. The lowest BCUT2D eigenvalue weighted by Crippen LogP contribution is -2.40. The number of rotatable bonds is 4. The Labute approximate surface area is 128 Å². The molecule has 0 radical (unpaired) electrons. The Kier molecular flexibility index (Phi) is 5.27. The van der Waals surface area contributed by atoms with Crippen LogP contribution in [0.4, 0.5) is 0 Å². The standard InChI is InChI=1S/C14H21N3O3S/c1-4-20-14(19)10-5-7-17(8-6-10)13(18)12-11(9(2)3)15-16-21-12/h9-10H,4-8H2,1-3H3. The van der Waals surface area contributed by atoms with Crippen LogP contribution >= 0.6 is 11.5 Å². The van der Waals surface area contributed by atoms with Gasteiger partial charge in [0.2, 0.25) is 0 Å². The minimum absolute atomic E-state index is 0.0176. The quantitative estimate of drug-likeness (QED) is 0.796. The van der Waals surface area contributed by atoms with Gasteiger partial charge < -0.3 is 9.64 Å². The lowest BCUT2D eigenvalue weighted by atomic mass is 9.96. The number of esters is 1. The number of carbonyl (C=O) groups excluding carboxylic acids is 2. The van der Waals surface area contributed by atoms with E-state index >= 15 is 0 Å². The van der Waals surface area contributed by atoms with Gasteiger partial charge in [0, 0.05) is 13.1 Å². The van der Waals surface area contributed by atoms with E-state index in [0.29, 0.717) is 37.4 Å². The summed E-state index contributed by atoms with van der Waals surface area (Å²) in [5, 5.41) is 4.05. The summed E-state index contributed by atoms with van der Waals surface area (Å²) in [5.74, 6) is -0.0686. The third-order valence-electron chi connectivity index (χ3n) is 3.66. The number of amides is 1. The lowest BCUT2D eigenvalue weighted by Gasteiger charge is -2.30. The summed E-state index contributed by atoms with van der Waals surface area (Å²) in [5.41, 5.74) is 0.762. The van der Waals surface area contributed by atoms with Crippen molar-refractivity contribution in [1.82, 2.24) is 14.5 Å². The normalized spacial score (nSPS) is 16.3. The molecule has 0 saturated carbocycles. The number of aromatic nitrogens is 2. The minimum Gasteiger partial charge on any atom is -0.466 e. The number of hydrogen-bond acceptors (Lipinski definition) is 6. The smallest absolute Gasteiger partial charge is 0.309 e. The first-order valence-electron chi connectivity index (χ1n) is 7.32. The maximum Gasteiger partial charge on any atom is 0.309 e. The van der Waals surface area contributed by atoms with Gasteiger partial charge in [-0.25, -0.2) is 0 Å². The molecular formula is C14H21N3O3S. The van der Waals surface area contributed by atoms with Gasteiger partial charge >= 0.3 is 5.97 Å². The zero-order valence-corrected chi connectivity index (χ0v) is 13.5. The van der Waals surface area contributed by atoms with Gasteiger partial charge in [-0.3, -0.25) is 9.59 Å². The van der Waals surface area contributed by atoms with Gasteiger partial charge in [-0.15, -0.1) is 5.10 Å². The van der Waals surface area contributed by atoms with Crippen LogP contribution in [0.5, 0.6) is 0 Å². The third kappa shape index (κ3) is 3.58. The van der Waals surface area contributed by atoms with Gasteiger partial charge in [0.05, 0.1) is 18.2 Å². The molecule has 1 aliphatic rings. The number of nitrogens with zero attached hydrogens (tertiary/aromatic N) is 3. The van der Waals surface area contributed by atoms with Crippen molar-refractivity contribution in [3.8, 4) is 0 Å². The predicted octanol–water partition coefficient (Wildman–Crippen LogP) is 2.08. The Bertz CT molecular complexity index is 507. The maximum atomic E-state index is 12.5. The van der Waals surface area contributed by atoms with Gasteiger partial charge in [0.25, 0.3) is 5.91 Å². The molecule has 1 saturated heterocycles. The van der Waals surface area contributed by atoms with E-state index in [2.05, 4.69) is 9.59 Å². The summed E-state index contributed by atoms with van der Waals surface area (Å²) in [7, 11) is 0. The van der Waals surface area contributed by atoms with Crippen LogP contribution in [0.15, 0.2) is 0 Å². The molecule has 0 aliphatic carbocycles. The van der Waals surface area contributed by atoms with Crippen LogP contribution in [0.1, 0.15) is 54.9 Å². The molecule has 2 rings (SSSR count). The van der Waals surface area contributed by atoms with Crippen molar-refractivity contribution in [1.29, 1.82) is 0 Å². The fourth-order valence-corrected chi connectivity index (χ4v) is 3.23. The molecule has 1 aliphatic heterocycles. The summed E-state index contributed by atoms with van der Waals surface area (Å²) >= 11 is 1.15. The Morgan fingerprint density at radius 3 is 2.62 bits per heavy atom. The highest BCUT2D eigenvalue weighted by molar-refractivity contribution is 7.08. The van der Waals surface area contributed by atoms with Crippen molar-refractivity contribution in [3.05, 3.63) is 10.6 Å². The molecule has 1 fully saturated rings. The lowest BCUT2D eigenvalue weighted by molar-refractivity contribution is -0.149. The average molecular weight is 311 g/mol. The van der Waals surface area contributed by atoms with Crippen molar-refractivity contribution < 1.29 is 14.3 Å². The molecule has 1 amide bonds. The summed E-state index contributed by atoms with van der Waals surface area (Å²) in [6.45, 7) is 7.37. The van der Waals surface area contributed by atoms with Crippen molar-refractivity contribution in [3.63, 3.8) is 0 Å². The van der Waals surface area contributed by atoms with E-state index in [-0.39, 0.29) is 23.7 Å². The zero-order valence-electron chi connectivity index (χ0n) is 12.7. The molecule has 2 heterocycles. The SMILES string of the molecule is CCOC(=O)C1CCN(C(=O)c2snnc2C(C)C)CC1. The summed E-state index contributed by atoms with van der Waals surface area (Å²) in [6.07, 6.45) is 1.32. The third-order valence-corrected chi connectivity index (χ3v) is 4.39. The van der Waals surface area contributed by atoms with Crippen LogP contribution in [0.25, 0.3) is 0 Å². The fourth-order valence-electron chi connectivity index (χ4n) is 2.45. The van der Waals surface area contributed by atoms with Crippen LogP contribution in [0.3, 0.4) is 0 Å². The van der Waals surface area contributed by atoms with Crippen molar-refractivity contribution in [2.24, 2.45) is 5.92 Å². The second-order valence-corrected chi connectivity index (χ2v) is 6.21. The number of hydrogen-bond donors (Lipinski definition) is 0. The van der Waals surface area contributed by atoms with Gasteiger partial charge in [-0.05, 0) is 37.2 Å². The van der Waals surface area contributed by atoms with Crippen molar-refractivity contribution in [2.45, 2.75) is 39.5 Å². The number of ether oxygens (including phenoxy) is 1. The molecule has 116 valence electrons. The van der Waals surface area contributed by atoms with E-state index in [1.165, 1.54) is 0 Å². The van der Waals surface area contributed by atoms with Crippen LogP contribution in [0.2, 0.25) is 0 Å². The fraction of sp³-hybridized carbons (Fsp3) is 0.714. The molecule has 1 aromatic rings. The summed E-state index contributed by atoms with van der Waals surface area (Å²) < 4.78 is 8.94. The van der Waals surface area contributed by atoms with Gasteiger partial charge in [0.15, 0.2) is 0 Å². The summed E-state index contributed by atoms with van der Waals surface area (Å²) in [4.78, 5) is 26.6. The van der Waals surface area contributed by atoms with Crippen molar-refractivity contribution in [2.75, 3.05) is 19.7 Å². The second kappa shape index (κ2) is 6.98. The van der Waals surface area contributed by atoms with Gasteiger partial charge in [-0.1, -0.05) is 18.3 Å². The molecule has 6 nitrogen and oxygen atoms in total. The topological polar surface area (TPSA) is 72.4 Å².